The third kappa shape index (κ3) is 4.56. The molecule has 0 saturated carbocycles. The minimum atomic E-state index is -0.0451. The van der Waals surface area contributed by atoms with Gasteiger partial charge in [0.05, 0.1) is 22.3 Å². The van der Waals surface area contributed by atoms with E-state index >= 15 is 0 Å². The lowest BCUT2D eigenvalue weighted by atomic mass is 10.0. The molecule has 0 unspecified atom stereocenters. The van der Waals surface area contributed by atoms with Crippen molar-refractivity contribution in [2.75, 3.05) is 0 Å². The van der Waals surface area contributed by atoms with Gasteiger partial charge >= 0.3 is 0 Å². The van der Waals surface area contributed by atoms with E-state index in [1.54, 1.807) is 17.7 Å². The summed E-state index contributed by atoms with van der Waals surface area (Å²) in [6.45, 7) is 4.23. The fourth-order valence-corrected chi connectivity index (χ4v) is 3.72. The lowest BCUT2D eigenvalue weighted by molar-refractivity contribution is 0.786. The van der Waals surface area contributed by atoms with E-state index in [2.05, 4.69) is 42.0 Å². The summed E-state index contributed by atoms with van der Waals surface area (Å²) in [4.78, 5) is 21.8. The summed E-state index contributed by atoms with van der Waals surface area (Å²) in [7, 11) is 1.74. The number of thioether (sulfide) groups is 1. The van der Waals surface area contributed by atoms with Crippen molar-refractivity contribution < 1.29 is 0 Å². The molecular formula is C21H25ClN4OS. The number of rotatable bonds is 5. The molecule has 0 bridgehead atoms. The molecule has 3 aromatic rings. The fraction of sp³-hybridized carbons (Fsp3) is 0.286. The van der Waals surface area contributed by atoms with Crippen molar-refractivity contribution in [3.05, 3.63) is 69.8 Å². The first-order valence-electron chi connectivity index (χ1n) is 9.07. The number of benzene rings is 2. The first-order valence-corrected chi connectivity index (χ1v) is 10.1. The van der Waals surface area contributed by atoms with Crippen LogP contribution >= 0.6 is 24.2 Å². The Bertz CT molecular complexity index is 1040. The van der Waals surface area contributed by atoms with E-state index in [0.29, 0.717) is 27.6 Å². The monoisotopic (exact) mass is 416 g/mol. The first kappa shape index (κ1) is 22.0. The van der Waals surface area contributed by atoms with Gasteiger partial charge in [0, 0.05) is 7.05 Å². The van der Waals surface area contributed by atoms with Gasteiger partial charge in [-0.1, -0.05) is 55.9 Å². The van der Waals surface area contributed by atoms with Gasteiger partial charge in [0.2, 0.25) is 0 Å². The number of fused-ring (bicyclic) bond motifs is 1. The van der Waals surface area contributed by atoms with Crippen LogP contribution in [0.25, 0.3) is 10.9 Å². The molecule has 0 fully saturated rings. The number of aliphatic imine (C=N–C) groups is 1. The molecule has 1 aromatic heterocycles. The number of nitrogens with zero attached hydrogens (tertiary/aromatic N) is 3. The molecule has 2 N–H and O–H groups in total. The van der Waals surface area contributed by atoms with E-state index < -0.39 is 0 Å². The minimum absolute atomic E-state index is 0. The summed E-state index contributed by atoms with van der Waals surface area (Å²) < 4.78 is 1.58. The maximum atomic E-state index is 12.5. The summed E-state index contributed by atoms with van der Waals surface area (Å²) in [6, 6.07) is 13.6. The van der Waals surface area contributed by atoms with Crippen LogP contribution in [0.5, 0.6) is 0 Å². The Kier molecular flexibility index (Phi) is 7.66. The molecule has 148 valence electrons. The van der Waals surface area contributed by atoms with Gasteiger partial charge in [-0.25, -0.2) is 9.98 Å². The summed E-state index contributed by atoms with van der Waals surface area (Å²) in [6.07, 6.45) is 1.82. The average Bonchev–Trinajstić information content (AvgIpc) is 2.69. The second kappa shape index (κ2) is 9.75. The molecule has 0 atom stereocenters. The predicted octanol–water partition coefficient (Wildman–Crippen LogP) is 4.36. The Labute approximate surface area is 175 Å². The second-order valence-corrected chi connectivity index (χ2v) is 7.28. The number of para-hydroxylation sites is 2. The van der Waals surface area contributed by atoms with Crippen molar-refractivity contribution in [1.29, 1.82) is 0 Å². The van der Waals surface area contributed by atoms with Crippen LogP contribution < -0.4 is 11.3 Å². The average molecular weight is 417 g/mol. The molecule has 0 aliphatic carbocycles. The van der Waals surface area contributed by atoms with Gasteiger partial charge in [0.25, 0.3) is 5.56 Å². The topological polar surface area (TPSA) is 73.3 Å². The Balaban J connectivity index is 0.00000280. The fourth-order valence-electron chi connectivity index (χ4n) is 3.03. The van der Waals surface area contributed by atoms with Crippen molar-refractivity contribution in [2.45, 2.75) is 32.4 Å². The first-order chi connectivity index (χ1) is 13.0. The zero-order chi connectivity index (χ0) is 19.4. The van der Waals surface area contributed by atoms with E-state index in [1.165, 1.54) is 22.9 Å². The third-order valence-corrected chi connectivity index (χ3v) is 5.40. The third-order valence-electron chi connectivity index (χ3n) is 4.61. The molecule has 0 saturated heterocycles. The lowest BCUT2D eigenvalue weighted by Crippen LogP contribution is -2.22. The van der Waals surface area contributed by atoms with Crippen LogP contribution in [0.3, 0.4) is 0 Å². The van der Waals surface area contributed by atoms with Gasteiger partial charge in [-0.3, -0.25) is 9.36 Å². The van der Waals surface area contributed by atoms with Gasteiger partial charge < -0.3 is 5.73 Å². The van der Waals surface area contributed by atoms with Crippen LogP contribution in [0.1, 0.15) is 30.8 Å². The van der Waals surface area contributed by atoms with Crippen molar-refractivity contribution in [1.82, 2.24) is 9.55 Å². The number of aryl methyl sites for hydroxylation is 2. The standard InChI is InChI=1S/C21H24N4OS.ClH/c1-4-14-9-8-10-15(5-2)19(14)24-21(22)27-13-18-23-17-12-7-6-11-16(17)20(26)25(18)3;/h6-12H,4-5,13H2,1-3H3,(H2,22,24);1H. The number of hydrogen-bond acceptors (Lipinski definition) is 4. The normalized spacial score (nSPS) is 11.5. The Morgan fingerprint density at radius 3 is 2.39 bits per heavy atom. The maximum absolute atomic E-state index is 12.5. The quantitative estimate of drug-likeness (QED) is 0.495. The summed E-state index contributed by atoms with van der Waals surface area (Å²) in [5.41, 5.74) is 10.2. The van der Waals surface area contributed by atoms with Gasteiger partial charge in [-0.15, -0.1) is 12.4 Å². The Hall–Kier alpha value is -2.31. The molecule has 0 amide bonds. The number of amidine groups is 1. The van der Waals surface area contributed by atoms with Crippen LogP contribution in [-0.2, 0) is 25.6 Å². The number of nitrogens with two attached hydrogens (primary N) is 1. The highest BCUT2D eigenvalue weighted by Crippen LogP contribution is 2.27. The van der Waals surface area contributed by atoms with Crippen molar-refractivity contribution in [3.8, 4) is 0 Å². The van der Waals surface area contributed by atoms with Crippen molar-refractivity contribution in [3.63, 3.8) is 0 Å². The van der Waals surface area contributed by atoms with Gasteiger partial charge in [-0.05, 0) is 36.1 Å². The van der Waals surface area contributed by atoms with Crippen molar-refractivity contribution >= 4 is 45.9 Å². The molecule has 5 nitrogen and oxygen atoms in total. The molecule has 7 heteroatoms. The van der Waals surface area contributed by atoms with E-state index in [-0.39, 0.29) is 18.0 Å². The summed E-state index contributed by atoms with van der Waals surface area (Å²) in [5.74, 6) is 1.17. The second-order valence-electron chi connectivity index (χ2n) is 6.28. The highest BCUT2D eigenvalue weighted by atomic mass is 35.5. The zero-order valence-corrected chi connectivity index (χ0v) is 17.9. The van der Waals surface area contributed by atoms with E-state index in [0.717, 1.165) is 18.5 Å². The van der Waals surface area contributed by atoms with Crippen LogP contribution in [-0.4, -0.2) is 14.7 Å². The summed E-state index contributed by atoms with van der Waals surface area (Å²) in [5, 5.41) is 1.10. The lowest BCUT2D eigenvalue weighted by Gasteiger charge is -2.11. The van der Waals surface area contributed by atoms with Crippen molar-refractivity contribution in [2.24, 2.45) is 17.8 Å². The molecule has 0 spiro atoms. The highest BCUT2D eigenvalue weighted by molar-refractivity contribution is 8.13. The molecule has 1 heterocycles. The Morgan fingerprint density at radius 2 is 1.75 bits per heavy atom. The molecule has 28 heavy (non-hydrogen) atoms. The smallest absolute Gasteiger partial charge is 0.261 e. The largest absolute Gasteiger partial charge is 0.378 e. The van der Waals surface area contributed by atoms with E-state index in [4.69, 9.17) is 5.73 Å². The molecule has 0 radical (unpaired) electrons. The maximum Gasteiger partial charge on any atom is 0.261 e. The molecule has 2 aromatic carbocycles. The van der Waals surface area contributed by atoms with Gasteiger partial charge in [-0.2, -0.15) is 0 Å². The predicted molar refractivity (Wildman–Crippen MR) is 122 cm³/mol. The SMILES string of the molecule is CCc1cccc(CC)c1N=C(N)SCc1nc2ccccc2c(=O)n1C.Cl. The van der Waals surface area contributed by atoms with E-state index in [9.17, 15) is 4.79 Å². The number of aromatic nitrogens is 2. The van der Waals surface area contributed by atoms with Crippen LogP contribution in [0, 0.1) is 0 Å². The zero-order valence-electron chi connectivity index (χ0n) is 16.3. The van der Waals surface area contributed by atoms with Crippen LogP contribution in [0.15, 0.2) is 52.3 Å². The molecule has 3 rings (SSSR count). The van der Waals surface area contributed by atoms with Crippen LogP contribution in [0.2, 0.25) is 0 Å². The number of hydrogen-bond donors (Lipinski definition) is 1. The minimum Gasteiger partial charge on any atom is -0.378 e. The molecule has 0 aliphatic heterocycles. The number of halogens is 1. The summed E-state index contributed by atoms with van der Waals surface area (Å²) >= 11 is 1.40. The molecular weight excluding hydrogens is 392 g/mol. The highest BCUT2D eigenvalue weighted by Gasteiger charge is 2.10. The van der Waals surface area contributed by atoms with Gasteiger partial charge in [0.1, 0.15) is 5.82 Å². The molecule has 0 aliphatic rings. The Morgan fingerprint density at radius 1 is 1.11 bits per heavy atom. The van der Waals surface area contributed by atoms with Gasteiger partial charge in [0.15, 0.2) is 5.17 Å². The van der Waals surface area contributed by atoms with Crippen LogP contribution in [0.4, 0.5) is 5.69 Å². The van der Waals surface area contributed by atoms with E-state index in [1.807, 2.05) is 18.2 Å².